The van der Waals surface area contributed by atoms with Gasteiger partial charge in [0, 0.05) is 13.1 Å². The van der Waals surface area contributed by atoms with Gasteiger partial charge in [0.05, 0.1) is 0 Å². The van der Waals surface area contributed by atoms with Crippen molar-refractivity contribution in [1.29, 1.82) is 0 Å². The summed E-state index contributed by atoms with van der Waals surface area (Å²) in [5.41, 5.74) is 0. The van der Waals surface area contributed by atoms with Gasteiger partial charge in [0.2, 0.25) is 0 Å². The predicted molar refractivity (Wildman–Crippen MR) is 68.8 cm³/mol. The van der Waals surface area contributed by atoms with Crippen LogP contribution in [0.1, 0.15) is 65.2 Å². The van der Waals surface area contributed by atoms with E-state index in [4.69, 9.17) is 0 Å². The van der Waals surface area contributed by atoms with Gasteiger partial charge in [0.15, 0.2) is 0 Å². The van der Waals surface area contributed by atoms with Crippen LogP contribution in [0.3, 0.4) is 0 Å². The normalized spacial score (nSPS) is 11.1. The maximum atomic E-state index is 4.47. The van der Waals surface area contributed by atoms with Crippen LogP contribution in [-0.4, -0.2) is 17.4 Å². The maximum Gasteiger partial charge on any atom is 0.00869 e. The number of hydrogen-bond donors (Lipinski definition) is 1. The van der Waals surface area contributed by atoms with Crippen LogP contribution >= 0.6 is 12.8 Å². The Morgan fingerprint density at radius 2 is 1.14 bits per heavy atom. The Hall–Kier alpha value is 0.310. The van der Waals surface area contributed by atoms with Crippen molar-refractivity contribution < 1.29 is 0 Å². The zero-order valence-electron chi connectivity index (χ0n) is 9.97. The zero-order chi connectivity index (χ0) is 10.6. The Labute approximate surface area is 95.8 Å². The molecule has 0 spiro atoms. The predicted octanol–water partition coefficient (Wildman–Crippen LogP) is 4.29. The van der Waals surface area contributed by atoms with Gasteiger partial charge >= 0.3 is 0 Å². The van der Waals surface area contributed by atoms with Crippen LogP contribution in [0.4, 0.5) is 0 Å². The number of hydrogen-bond acceptors (Lipinski definition) is 2. The van der Waals surface area contributed by atoms with Gasteiger partial charge in [-0.25, -0.2) is 0 Å². The molecular formula is C12H27NS. The third kappa shape index (κ3) is 10.4. The second kappa shape index (κ2) is 11.4. The molecule has 0 aromatic heterocycles. The SMILES string of the molecule is CCCCCCN(S)CCCCCC. The van der Waals surface area contributed by atoms with Crippen molar-refractivity contribution >= 4 is 12.8 Å². The number of nitrogens with zero attached hydrogens (tertiary/aromatic N) is 1. The Balaban J connectivity index is 3.07. The molecule has 0 saturated carbocycles. The van der Waals surface area contributed by atoms with E-state index < -0.39 is 0 Å². The smallest absolute Gasteiger partial charge is 0.00869 e. The monoisotopic (exact) mass is 217 g/mol. The van der Waals surface area contributed by atoms with Crippen molar-refractivity contribution in [2.45, 2.75) is 65.2 Å². The molecule has 0 atom stereocenters. The molecule has 0 fully saturated rings. The fourth-order valence-electron chi connectivity index (χ4n) is 1.55. The highest BCUT2D eigenvalue weighted by atomic mass is 32.1. The van der Waals surface area contributed by atoms with Gasteiger partial charge in [0.1, 0.15) is 0 Å². The Morgan fingerprint density at radius 3 is 1.50 bits per heavy atom. The van der Waals surface area contributed by atoms with Crippen LogP contribution in [0.5, 0.6) is 0 Å². The van der Waals surface area contributed by atoms with E-state index in [1.807, 2.05) is 0 Å². The van der Waals surface area contributed by atoms with Crippen molar-refractivity contribution in [3.8, 4) is 0 Å². The van der Waals surface area contributed by atoms with E-state index >= 15 is 0 Å². The fraction of sp³-hybridized carbons (Fsp3) is 1.00. The van der Waals surface area contributed by atoms with Crippen molar-refractivity contribution in [3.63, 3.8) is 0 Å². The zero-order valence-corrected chi connectivity index (χ0v) is 10.9. The van der Waals surface area contributed by atoms with Gasteiger partial charge in [-0.2, -0.15) is 0 Å². The Kier molecular flexibility index (Phi) is 11.6. The summed E-state index contributed by atoms with van der Waals surface area (Å²) in [4.78, 5) is 0. The van der Waals surface area contributed by atoms with Gasteiger partial charge in [-0.1, -0.05) is 65.2 Å². The average Bonchev–Trinajstić information content (AvgIpc) is 2.19. The van der Waals surface area contributed by atoms with Crippen LogP contribution in [0.2, 0.25) is 0 Å². The van der Waals surface area contributed by atoms with Crippen molar-refractivity contribution in [1.82, 2.24) is 4.31 Å². The molecule has 0 saturated heterocycles. The average molecular weight is 217 g/mol. The van der Waals surface area contributed by atoms with Gasteiger partial charge in [-0.3, -0.25) is 4.31 Å². The molecule has 0 aliphatic heterocycles. The van der Waals surface area contributed by atoms with Crippen LogP contribution in [0.15, 0.2) is 0 Å². The lowest BCUT2D eigenvalue weighted by Gasteiger charge is -2.14. The molecule has 86 valence electrons. The summed E-state index contributed by atoms with van der Waals surface area (Å²) in [6.07, 6.45) is 10.7. The summed E-state index contributed by atoms with van der Waals surface area (Å²) in [5.74, 6) is 0. The highest BCUT2D eigenvalue weighted by Gasteiger charge is 1.98. The second-order valence-electron chi connectivity index (χ2n) is 4.07. The number of rotatable bonds is 10. The Bertz CT molecular complexity index is 94.5. The van der Waals surface area contributed by atoms with E-state index in [-0.39, 0.29) is 0 Å². The molecule has 0 radical (unpaired) electrons. The first-order valence-electron chi connectivity index (χ1n) is 6.25. The molecule has 0 bridgehead atoms. The first-order valence-corrected chi connectivity index (χ1v) is 6.65. The standard InChI is InChI=1S/C12H27NS/c1-3-5-7-9-11-13(14)12-10-8-6-4-2/h14H,3-12H2,1-2H3. The minimum atomic E-state index is 1.16. The topological polar surface area (TPSA) is 3.24 Å². The number of unbranched alkanes of at least 4 members (excludes halogenated alkanes) is 6. The lowest BCUT2D eigenvalue weighted by atomic mass is 10.2. The van der Waals surface area contributed by atoms with E-state index in [0.29, 0.717) is 0 Å². The van der Waals surface area contributed by atoms with E-state index in [1.54, 1.807) is 0 Å². The van der Waals surface area contributed by atoms with E-state index in [9.17, 15) is 0 Å². The first-order chi connectivity index (χ1) is 6.81. The van der Waals surface area contributed by atoms with Crippen molar-refractivity contribution in [3.05, 3.63) is 0 Å². The lowest BCUT2D eigenvalue weighted by molar-refractivity contribution is 0.433. The molecule has 0 aromatic rings. The highest BCUT2D eigenvalue weighted by molar-refractivity contribution is 7.77. The summed E-state index contributed by atoms with van der Waals surface area (Å²) in [5, 5.41) is 0. The quantitative estimate of drug-likeness (QED) is 0.422. The molecule has 0 aromatic carbocycles. The minimum Gasteiger partial charge on any atom is -0.253 e. The van der Waals surface area contributed by atoms with Gasteiger partial charge < -0.3 is 0 Å². The fourth-order valence-corrected chi connectivity index (χ4v) is 1.84. The largest absolute Gasteiger partial charge is 0.253 e. The summed E-state index contributed by atoms with van der Waals surface area (Å²) < 4.78 is 2.19. The molecule has 0 amide bonds. The van der Waals surface area contributed by atoms with Gasteiger partial charge in [-0.05, 0) is 12.8 Å². The molecule has 0 rings (SSSR count). The molecule has 0 unspecified atom stereocenters. The molecule has 0 aliphatic carbocycles. The molecule has 0 N–H and O–H groups in total. The van der Waals surface area contributed by atoms with Gasteiger partial charge in [0.25, 0.3) is 0 Å². The molecular weight excluding hydrogens is 190 g/mol. The summed E-state index contributed by atoms with van der Waals surface area (Å²) >= 11 is 4.47. The van der Waals surface area contributed by atoms with Crippen molar-refractivity contribution in [2.75, 3.05) is 13.1 Å². The van der Waals surface area contributed by atoms with Crippen LogP contribution < -0.4 is 0 Å². The maximum absolute atomic E-state index is 4.47. The van der Waals surface area contributed by atoms with Crippen LogP contribution in [0, 0.1) is 0 Å². The van der Waals surface area contributed by atoms with E-state index in [1.165, 1.54) is 51.4 Å². The molecule has 1 nitrogen and oxygen atoms in total. The van der Waals surface area contributed by atoms with Crippen LogP contribution in [-0.2, 0) is 0 Å². The lowest BCUT2D eigenvalue weighted by Crippen LogP contribution is -2.15. The summed E-state index contributed by atoms with van der Waals surface area (Å²) in [6.45, 7) is 6.83. The second-order valence-corrected chi connectivity index (χ2v) is 4.64. The van der Waals surface area contributed by atoms with Crippen LogP contribution in [0.25, 0.3) is 0 Å². The molecule has 14 heavy (non-hydrogen) atoms. The van der Waals surface area contributed by atoms with Crippen molar-refractivity contribution in [2.24, 2.45) is 0 Å². The third-order valence-corrected chi connectivity index (χ3v) is 2.94. The van der Waals surface area contributed by atoms with E-state index in [0.717, 1.165) is 13.1 Å². The van der Waals surface area contributed by atoms with Gasteiger partial charge in [-0.15, -0.1) is 0 Å². The third-order valence-electron chi connectivity index (χ3n) is 2.54. The molecule has 0 aliphatic rings. The first kappa shape index (κ1) is 14.3. The van der Waals surface area contributed by atoms with E-state index in [2.05, 4.69) is 31.0 Å². The summed E-state index contributed by atoms with van der Waals surface area (Å²) in [7, 11) is 0. The molecule has 2 heteroatoms. The minimum absolute atomic E-state index is 1.16. The Morgan fingerprint density at radius 1 is 0.714 bits per heavy atom. The number of thiol groups is 1. The highest BCUT2D eigenvalue weighted by Crippen LogP contribution is 2.06. The molecule has 0 heterocycles. The summed E-state index contributed by atoms with van der Waals surface area (Å²) in [6, 6.07) is 0.